The molecule has 0 radical (unpaired) electrons. The minimum absolute atomic E-state index is 0.0491. The molecule has 0 aromatic carbocycles. The molecule has 0 aliphatic carbocycles. The summed E-state index contributed by atoms with van der Waals surface area (Å²) in [5.74, 6) is 1.20. The fourth-order valence-electron chi connectivity index (χ4n) is 2.65. The van der Waals surface area contributed by atoms with Gasteiger partial charge >= 0.3 is 0 Å². The molecule has 1 aliphatic rings. The van der Waals surface area contributed by atoms with Gasteiger partial charge in [-0.1, -0.05) is 6.07 Å². The third-order valence-electron chi connectivity index (χ3n) is 4.09. The van der Waals surface area contributed by atoms with Gasteiger partial charge in [0.2, 0.25) is 11.8 Å². The van der Waals surface area contributed by atoms with E-state index in [1.165, 1.54) is 16.2 Å². The molecular formula is C15H18N2O4S2. The van der Waals surface area contributed by atoms with Crippen LogP contribution in [0.1, 0.15) is 17.9 Å². The van der Waals surface area contributed by atoms with Crippen molar-refractivity contribution in [1.29, 1.82) is 0 Å². The number of hydrogen-bond acceptors (Lipinski definition) is 6. The number of oxazole rings is 1. The number of aryl methyl sites for hydroxylation is 1. The van der Waals surface area contributed by atoms with Crippen molar-refractivity contribution in [2.45, 2.75) is 25.8 Å². The standard InChI is InChI=1S/C15H18N2O4S2/c1-10-12(16-15(21-10)13-4-3-6-22-13)8-14(18)17(2)11-5-7-23(19,20)9-11/h3-4,6,11H,5,7-9H2,1-2H3. The summed E-state index contributed by atoms with van der Waals surface area (Å²) in [6, 6.07) is 3.59. The van der Waals surface area contributed by atoms with E-state index in [0.717, 1.165) is 4.88 Å². The van der Waals surface area contributed by atoms with Gasteiger partial charge in [0.05, 0.1) is 28.5 Å². The van der Waals surface area contributed by atoms with Crippen LogP contribution in [0, 0.1) is 6.92 Å². The Morgan fingerprint density at radius 2 is 2.30 bits per heavy atom. The van der Waals surface area contributed by atoms with Crippen LogP contribution in [0.15, 0.2) is 21.9 Å². The first-order valence-electron chi connectivity index (χ1n) is 7.32. The molecule has 3 heterocycles. The van der Waals surface area contributed by atoms with Crippen molar-refractivity contribution in [2.24, 2.45) is 0 Å². The number of rotatable bonds is 4. The Kier molecular flexibility index (Phi) is 4.29. The van der Waals surface area contributed by atoms with E-state index in [9.17, 15) is 13.2 Å². The molecule has 1 unspecified atom stereocenters. The van der Waals surface area contributed by atoms with E-state index in [-0.39, 0.29) is 29.9 Å². The molecule has 0 spiro atoms. The van der Waals surface area contributed by atoms with Gasteiger partial charge in [-0.15, -0.1) is 11.3 Å². The van der Waals surface area contributed by atoms with Crippen molar-refractivity contribution < 1.29 is 17.6 Å². The Bertz CT molecular complexity index is 809. The average molecular weight is 354 g/mol. The second kappa shape index (κ2) is 6.09. The predicted molar refractivity (Wildman–Crippen MR) is 88.1 cm³/mol. The molecular weight excluding hydrogens is 336 g/mol. The van der Waals surface area contributed by atoms with Gasteiger partial charge in [-0.3, -0.25) is 4.79 Å². The van der Waals surface area contributed by atoms with Crippen molar-refractivity contribution in [2.75, 3.05) is 18.6 Å². The van der Waals surface area contributed by atoms with Crippen LogP contribution in [0.5, 0.6) is 0 Å². The lowest BCUT2D eigenvalue weighted by atomic mass is 10.2. The zero-order chi connectivity index (χ0) is 16.6. The van der Waals surface area contributed by atoms with Gasteiger partial charge in [0.25, 0.3) is 0 Å². The van der Waals surface area contributed by atoms with E-state index >= 15 is 0 Å². The molecule has 1 amide bonds. The summed E-state index contributed by atoms with van der Waals surface area (Å²) in [6.45, 7) is 1.78. The number of aromatic nitrogens is 1. The molecule has 23 heavy (non-hydrogen) atoms. The molecule has 8 heteroatoms. The van der Waals surface area contributed by atoms with Gasteiger partial charge in [-0.2, -0.15) is 0 Å². The Morgan fingerprint density at radius 1 is 1.52 bits per heavy atom. The van der Waals surface area contributed by atoms with Gasteiger partial charge in [0, 0.05) is 13.1 Å². The van der Waals surface area contributed by atoms with Crippen molar-refractivity contribution in [3.8, 4) is 10.8 Å². The average Bonchev–Trinajstić information content (AvgIpc) is 3.19. The fraction of sp³-hybridized carbons (Fsp3) is 0.467. The monoisotopic (exact) mass is 354 g/mol. The second-order valence-electron chi connectivity index (χ2n) is 5.74. The fourth-order valence-corrected chi connectivity index (χ4v) is 5.07. The summed E-state index contributed by atoms with van der Waals surface area (Å²) in [5.41, 5.74) is 0.603. The smallest absolute Gasteiger partial charge is 0.236 e. The van der Waals surface area contributed by atoms with E-state index in [4.69, 9.17) is 4.42 Å². The van der Waals surface area contributed by atoms with Crippen LogP contribution >= 0.6 is 11.3 Å². The molecule has 124 valence electrons. The highest BCUT2D eigenvalue weighted by atomic mass is 32.2. The third kappa shape index (κ3) is 3.48. The Hall–Kier alpha value is -1.67. The van der Waals surface area contributed by atoms with E-state index in [1.807, 2.05) is 17.5 Å². The molecule has 0 N–H and O–H groups in total. The van der Waals surface area contributed by atoms with E-state index in [1.54, 1.807) is 14.0 Å². The number of likely N-dealkylation sites (N-methyl/N-ethyl adjacent to an activating group) is 1. The maximum Gasteiger partial charge on any atom is 0.236 e. The lowest BCUT2D eigenvalue weighted by molar-refractivity contribution is -0.130. The van der Waals surface area contributed by atoms with Gasteiger partial charge in [-0.25, -0.2) is 13.4 Å². The molecule has 1 fully saturated rings. The topological polar surface area (TPSA) is 80.5 Å². The first kappa shape index (κ1) is 16.2. The highest BCUT2D eigenvalue weighted by Gasteiger charge is 2.33. The molecule has 0 bridgehead atoms. The van der Waals surface area contributed by atoms with Crippen molar-refractivity contribution >= 4 is 27.1 Å². The number of nitrogens with zero attached hydrogens (tertiary/aromatic N) is 2. The minimum atomic E-state index is -3.01. The van der Waals surface area contributed by atoms with Crippen molar-refractivity contribution in [3.63, 3.8) is 0 Å². The van der Waals surface area contributed by atoms with Crippen LogP contribution in [-0.2, 0) is 21.1 Å². The zero-order valence-corrected chi connectivity index (χ0v) is 14.6. The number of amides is 1. The second-order valence-corrected chi connectivity index (χ2v) is 8.91. The summed E-state index contributed by atoms with van der Waals surface area (Å²) < 4.78 is 28.7. The summed E-state index contributed by atoms with van der Waals surface area (Å²) in [6.07, 6.45) is 0.622. The molecule has 1 atom stereocenters. The van der Waals surface area contributed by atoms with E-state index in [0.29, 0.717) is 23.8 Å². The first-order valence-corrected chi connectivity index (χ1v) is 10.0. The molecule has 1 saturated heterocycles. The highest BCUT2D eigenvalue weighted by Crippen LogP contribution is 2.26. The van der Waals surface area contributed by atoms with Crippen LogP contribution in [0.2, 0.25) is 0 Å². The summed E-state index contributed by atoms with van der Waals surface area (Å²) in [7, 11) is -1.35. The minimum Gasteiger partial charge on any atom is -0.440 e. The SMILES string of the molecule is Cc1oc(-c2cccs2)nc1CC(=O)N(C)C1CCS(=O)(=O)C1. The number of thiophene rings is 1. The quantitative estimate of drug-likeness (QED) is 0.838. The van der Waals surface area contributed by atoms with Crippen LogP contribution in [0.25, 0.3) is 10.8 Å². The summed E-state index contributed by atoms with van der Waals surface area (Å²) >= 11 is 1.53. The molecule has 3 rings (SSSR count). The maximum absolute atomic E-state index is 12.4. The Balaban J connectivity index is 1.71. The van der Waals surface area contributed by atoms with E-state index in [2.05, 4.69) is 4.98 Å². The van der Waals surface area contributed by atoms with Crippen LogP contribution < -0.4 is 0 Å². The number of carbonyl (C=O) groups excluding carboxylic acids is 1. The zero-order valence-electron chi connectivity index (χ0n) is 13.0. The third-order valence-corrected chi connectivity index (χ3v) is 6.70. The lowest BCUT2D eigenvalue weighted by Crippen LogP contribution is -2.38. The lowest BCUT2D eigenvalue weighted by Gasteiger charge is -2.23. The molecule has 2 aromatic heterocycles. The molecule has 6 nitrogen and oxygen atoms in total. The largest absolute Gasteiger partial charge is 0.440 e. The highest BCUT2D eigenvalue weighted by molar-refractivity contribution is 7.91. The van der Waals surface area contributed by atoms with Gasteiger partial charge in [0.15, 0.2) is 9.84 Å². The van der Waals surface area contributed by atoms with Crippen molar-refractivity contribution in [3.05, 3.63) is 29.0 Å². The molecule has 2 aromatic rings. The Labute approximate surface area is 139 Å². The molecule has 0 saturated carbocycles. The number of hydrogen-bond donors (Lipinski definition) is 0. The van der Waals surface area contributed by atoms with Gasteiger partial charge in [-0.05, 0) is 24.8 Å². The van der Waals surface area contributed by atoms with Crippen molar-refractivity contribution in [1.82, 2.24) is 9.88 Å². The van der Waals surface area contributed by atoms with Crippen LogP contribution in [0.3, 0.4) is 0 Å². The van der Waals surface area contributed by atoms with Crippen LogP contribution in [0.4, 0.5) is 0 Å². The molecule has 1 aliphatic heterocycles. The predicted octanol–water partition coefficient (Wildman–Crippen LogP) is 1.90. The summed E-state index contributed by atoms with van der Waals surface area (Å²) in [5, 5.41) is 1.94. The normalized spacial score (nSPS) is 19.8. The van der Waals surface area contributed by atoms with Gasteiger partial charge in [0.1, 0.15) is 5.76 Å². The number of sulfone groups is 1. The van der Waals surface area contributed by atoms with Gasteiger partial charge < -0.3 is 9.32 Å². The first-order chi connectivity index (χ1) is 10.9. The van der Waals surface area contributed by atoms with E-state index < -0.39 is 9.84 Å². The maximum atomic E-state index is 12.4. The summed E-state index contributed by atoms with van der Waals surface area (Å²) in [4.78, 5) is 19.3. The Morgan fingerprint density at radius 3 is 2.91 bits per heavy atom. The number of carbonyl (C=O) groups is 1. The van der Waals surface area contributed by atoms with Crippen LogP contribution in [-0.4, -0.2) is 48.8 Å².